The van der Waals surface area contributed by atoms with Crippen molar-refractivity contribution in [2.75, 3.05) is 39.6 Å². The topological polar surface area (TPSA) is 269 Å². The highest BCUT2D eigenvalue weighted by molar-refractivity contribution is 5.02. The third-order valence-corrected chi connectivity index (χ3v) is 6.34. The van der Waals surface area contributed by atoms with E-state index >= 15 is 0 Å². The highest BCUT2D eigenvalue weighted by atomic mass is 16.8. The summed E-state index contributed by atoms with van der Waals surface area (Å²) >= 11 is 0. The molecule has 12 atom stereocenters. The molecule has 11 N–H and O–H groups in total. The van der Waals surface area contributed by atoms with E-state index < -0.39 is 112 Å². The summed E-state index contributed by atoms with van der Waals surface area (Å²) in [6.07, 6.45) is -15.1. The van der Waals surface area contributed by atoms with E-state index in [2.05, 4.69) is 0 Å². The second-order valence-corrected chi connectivity index (χ2v) is 8.53. The summed E-state index contributed by atoms with van der Waals surface area (Å²) in [4.78, 5) is 0. The number of hydrogen-bond acceptors (Lipinski definition) is 16. The van der Waals surface area contributed by atoms with Crippen LogP contribution in [0.4, 0.5) is 0 Å². The van der Waals surface area contributed by atoms with Gasteiger partial charge in [-0.2, -0.15) is 0 Å². The van der Waals surface area contributed by atoms with Gasteiger partial charge in [-0.05, 0) is 0 Å². The molecule has 16 heteroatoms. The molecule has 0 aromatic carbocycles. The fraction of sp³-hybridized carbons (Fsp3) is 1.00. The Kier molecular flexibility index (Phi) is 8.53. The normalized spacial score (nSPS) is 51.4. The smallest absolute Gasteiger partial charge is 0.222 e. The van der Waals surface area contributed by atoms with E-state index in [-0.39, 0.29) is 0 Å². The molecule has 0 radical (unpaired) electrons. The molecule has 3 saturated heterocycles. The van der Waals surface area contributed by atoms with Crippen molar-refractivity contribution in [2.45, 2.75) is 72.3 Å². The van der Waals surface area contributed by atoms with Gasteiger partial charge in [-0.1, -0.05) is 0 Å². The molecule has 3 aliphatic rings. The van der Waals surface area contributed by atoms with E-state index in [4.69, 9.17) is 23.7 Å². The van der Waals surface area contributed by atoms with Crippen LogP contribution in [-0.4, -0.2) is 168 Å². The zero-order valence-electron chi connectivity index (χ0n) is 17.9. The highest BCUT2D eigenvalue weighted by Gasteiger charge is 2.62. The van der Waals surface area contributed by atoms with Crippen molar-refractivity contribution in [2.24, 2.45) is 0 Å². The van der Waals surface area contributed by atoms with Gasteiger partial charge in [-0.15, -0.1) is 0 Å². The van der Waals surface area contributed by atoms with Crippen molar-refractivity contribution < 1.29 is 79.9 Å². The van der Waals surface area contributed by atoms with Gasteiger partial charge in [0.05, 0.1) is 19.8 Å². The fourth-order valence-corrected chi connectivity index (χ4v) is 4.17. The third-order valence-electron chi connectivity index (χ3n) is 6.34. The summed E-state index contributed by atoms with van der Waals surface area (Å²) < 4.78 is 26.6. The van der Waals surface area contributed by atoms with E-state index in [0.29, 0.717) is 0 Å². The van der Waals surface area contributed by atoms with Gasteiger partial charge in [0, 0.05) is 0 Å². The number of ether oxygens (including phenoxy) is 5. The molecule has 0 aromatic rings. The predicted molar refractivity (Wildman–Crippen MR) is 101 cm³/mol. The Hall–Kier alpha value is -0.640. The Bertz CT molecular complexity index is 684. The lowest BCUT2D eigenvalue weighted by Crippen LogP contribution is -2.57. The van der Waals surface area contributed by atoms with Crippen molar-refractivity contribution >= 4 is 0 Å². The van der Waals surface area contributed by atoms with Gasteiger partial charge in [0.1, 0.15) is 74.8 Å². The van der Waals surface area contributed by atoms with Crippen LogP contribution in [0.25, 0.3) is 0 Å². The quantitative estimate of drug-likeness (QED) is 0.132. The van der Waals surface area contributed by atoms with Crippen LogP contribution in [0.1, 0.15) is 0 Å². The van der Waals surface area contributed by atoms with Crippen LogP contribution < -0.4 is 0 Å². The van der Waals surface area contributed by atoms with Crippen LogP contribution in [0.2, 0.25) is 0 Å². The van der Waals surface area contributed by atoms with Crippen LogP contribution in [0.15, 0.2) is 0 Å². The standard InChI is InChI=1S/C18H32O16/c19-1-7-10(23)13(26)16(29,32-7)5-30-18(15(28)12(25)9(3-21)34-18)6-31-17(4-22)14(27)11(24)8(2-20)33-17/h7-15,19-29H,1-6H2/t7-,8-,9-,10+,11+,12+,13+,14-,15-,16-,17-,18-/m1/s1. The van der Waals surface area contributed by atoms with Gasteiger partial charge >= 0.3 is 0 Å². The Morgan fingerprint density at radius 3 is 1.41 bits per heavy atom. The van der Waals surface area contributed by atoms with E-state index in [1.165, 1.54) is 0 Å². The lowest BCUT2D eigenvalue weighted by atomic mass is 10.0. The predicted octanol–water partition coefficient (Wildman–Crippen LogP) is -7.57. The van der Waals surface area contributed by atoms with E-state index in [1.807, 2.05) is 0 Å². The maximum absolute atomic E-state index is 10.6. The summed E-state index contributed by atoms with van der Waals surface area (Å²) in [6.45, 7) is -5.33. The number of aliphatic hydroxyl groups excluding tert-OH is 10. The van der Waals surface area contributed by atoms with Crippen molar-refractivity contribution in [3.05, 3.63) is 0 Å². The Morgan fingerprint density at radius 2 is 0.971 bits per heavy atom. The molecular formula is C18H32O16. The van der Waals surface area contributed by atoms with Gasteiger partial charge < -0.3 is 79.9 Å². The lowest BCUT2D eigenvalue weighted by Gasteiger charge is -2.38. The minimum absolute atomic E-state index is 0.744. The largest absolute Gasteiger partial charge is 0.394 e. The molecule has 16 nitrogen and oxygen atoms in total. The first kappa shape index (κ1) is 27.9. The number of rotatable bonds is 10. The maximum atomic E-state index is 10.6. The zero-order valence-corrected chi connectivity index (χ0v) is 17.9. The average molecular weight is 504 g/mol. The van der Waals surface area contributed by atoms with Crippen LogP contribution >= 0.6 is 0 Å². The average Bonchev–Trinajstić information content (AvgIpc) is 3.33. The van der Waals surface area contributed by atoms with Gasteiger partial charge in [-0.3, -0.25) is 0 Å². The number of aliphatic hydroxyl groups is 11. The second kappa shape index (κ2) is 10.4. The van der Waals surface area contributed by atoms with Crippen LogP contribution in [0, 0.1) is 0 Å². The Balaban J connectivity index is 1.82. The van der Waals surface area contributed by atoms with Crippen LogP contribution in [-0.2, 0) is 23.7 Å². The third kappa shape index (κ3) is 4.59. The first-order valence-corrected chi connectivity index (χ1v) is 10.5. The summed E-state index contributed by atoms with van der Waals surface area (Å²) in [5.74, 6) is -7.37. The molecule has 3 rings (SSSR count). The van der Waals surface area contributed by atoms with Gasteiger partial charge in [-0.25, -0.2) is 0 Å². The SMILES string of the molecule is OC[C@H]1O[C@@](CO)(OC[C@@]2(OC[C@@]3(O)O[C@H](CO)[C@H](O)[C@@H]3O)O[C@H](CO)[C@H](O)[C@H]2O)[C@H](O)[C@H]1O. The van der Waals surface area contributed by atoms with Crippen LogP contribution in [0.5, 0.6) is 0 Å². The highest BCUT2D eigenvalue weighted by Crippen LogP contribution is 2.39. The molecule has 3 fully saturated rings. The first-order valence-electron chi connectivity index (χ1n) is 10.5. The summed E-state index contributed by atoms with van der Waals surface area (Å²) in [5, 5.41) is 109. The summed E-state index contributed by atoms with van der Waals surface area (Å²) in [6, 6.07) is 0. The molecule has 0 bridgehead atoms. The molecule has 0 saturated carbocycles. The molecule has 200 valence electrons. The van der Waals surface area contributed by atoms with Crippen LogP contribution in [0.3, 0.4) is 0 Å². The Labute approximate surface area is 192 Å². The summed E-state index contributed by atoms with van der Waals surface area (Å²) in [7, 11) is 0. The van der Waals surface area contributed by atoms with Gasteiger partial charge in [0.15, 0.2) is 0 Å². The van der Waals surface area contributed by atoms with E-state index in [1.54, 1.807) is 0 Å². The molecule has 0 aliphatic carbocycles. The first-order chi connectivity index (χ1) is 15.9. The molecule has 0 unspecified atom stereocenters. The van der Waals surface area contributed by atoms with Crippen molar-refractivity contribution in [1.29, 1.82) is 0 Å². The zero-order chi connectivity index (χ0) is 25.5. The van der Waals surface area contributed by atoms with Crippen molar-refractivity contribution in [3.63, 3.8) is 0 Å². The van der Waals surface area contributed by atoms with Gasteiger partial charge in [0.2, 0.25) is 17.4 Å². The minimum Gasteiger partial charge on any atom is -0.394 e. The van der Waals surface area contributed by atoms with E-state index in [0.717, 1.165) is 0 Å². The molecule has 0 spiro atoms. The van der Waals surface area contributed by atoms with Crippen molar-refractivity contribution in [1.82, 2.24) is 0 Å². The molecule has 3 aliphatic heterocycles. The van der Waals surface area contributed by atoms with Gasteiger partial charge in [0.25, 0.3) is 0 Å². The summed E-state index contributed by atoms with van der Waals surface area (Å²) in [5.41, 5.74) is 0. The lowest BCUT2D eigenvalue weighted by molar-refractivity contribution is -0.359. The van der Waals surface area contributed by atoms with E-state index in [9.17, 15) is 56.2 Å². The molecule has 0 amide bonds. The van der Waals surface area contributed by atoms with Crippen molar-refractivity contribution in [3.8, 4) is 0 Å². The number of hydrogen-bond donors (Lipinski definition) is 11. The Morgan fingerprint density at radius 1 is 0.559 bits per heavy atom. The molecule has 0 aromatic heterocycles. The maximum Gasteiger partial charge on any atom is 0.222 e. The minimum atomic E-state index is -2.61. The molecule has 3 heterocycles. The second-order valence-electron chi connectivity index (χ2n) is 8.53. The molecule has 34 heavy (non-hydrogen) atoms. The molecular weight excluding hydrogens is 472 g/mol. The monoisotopic (exact) mass is 504 g/mol. The fourth-order valence-electron chi connectivity index (χ4n) is 4.17.